The second-order valence-electron chi connectivity index (χ2n) is 3.32. The minimum atomic E-state index is -0.535. The molecular formula is C11H12N2O2. The smallest absolute Gasteiger partial charge is 0.427 e. The van der Waals surface area contributed by atoms with Gasteiger partial charge in [0.25, 0.3) is 0 Å². The zero-order chi connectivity index (χ0) is 10.7. The Balaban J connectivity index is 2.17. The third kappa shape index (κ3) is 1.98. The second-order valence-corrected chi connectivity index (χ2v) is 3.32. The summed E-state index contributed by atoms with van der Waals surface area (Å²) in [6, 6.07) is 8.07. The molecule has 0 saturated carbocycles. The maximum Gasteiger partial charge on any atom is 0.427 e. The van der Waals surface area contributed by atoms with Gasteiger partial charge in [0, 0.05) is 5.56 Å². The van der Waals surface area contributed by atoms with Gasteiger partial charge in [-0.25, -0.2) is 10.2 Å². The molecule has 0 spiro atoms. The first-order valence-electron chi connectivity index (χ1n) is 4.80. The molecule has 4 heteroatoms. The van der Waals surface area contributed by atoms with Crippen LogP contribution in [0.3, 0.4) is 0 Å². The lowest BCUT2D eigenvalue weighted by Gasteiger charge is -2.00. The highest BCUT2D eigenvalue weighted by Gasteiger charge is 2.16. The van der Waals surface area contributed by atoms with Gasteiger partial charge in [-0.15, -0.1) is 0 Å². The highest BCUT2D eigenvalue weighted by molar-refractivity contribution is 6.04. The largest absolute Gasteiger partial charge is 0.452 e. The van der Waals surface area contributed by atoms with Crippen LogP contribution in [0.4, 0.5) is 4.79 Å². The van der Waals surface area contributed by atoms with Gasteiger partial charge in [-0.2, -0.15) is 5.10 Å². The fourth-order valence-electron chi connectivity index (χ4n) is 1.68. The summed E-state index contributed by atoms with van der Waals surface area (Å²) >= 11 is 0. The van der Waals surface area contributed by atoms with Gasteiger partial charge in [0.05, 0.1) is 12.8 Å². The number of rotatable bonds is 1. The van der Waals surface area contributed by atoms with E-state index in [9.17, 15) is 4.79 Å². The van der Waals surface area contributed by atoms with E-state index in [0.717, 1.165) is 24.1 Å². The first kappa shape index (κ1) is 9.71. The molecule has 1 aliphatic rings. The quantitative estimate of drug-likeness (QED) is 0.708. The SMILES string of the molecule is COC(=O)N/N=C1/CCc2ccccc21. The molecule has 0 aliphatic heterocycles. The molecular weight excluding hydrogens is 192 g/mol. The number of fused-ring (bicyclic) bond motifs is 1. The highest BCUT2D eigenvalue weighted by atomic mass is 16.5. The van der Waals surface area contributed by atoms with Crippen molar-refractivity contribution in [3.05, 3.63) is 35.4 Å². The maximum absolute atomic E-state index is 10.8. The Morgan fingerprint density at radius 3 is 3.00 bits per heavy atom. The molecule has 0 radical (unpaired) electrons. The molecule has 1 aromatic rings. The molecule has 0 atom stereocenters. The predicted molar refractivity (Wildman–Crippen MR) is 56.8 cm³/mol. The van der Waals surface area contributed by atoms with Crippen LogP contribution >= 0.6 is 0 Å². The van der Waals surface area contributed by atoms with Crippen molar-refractivity contribution in [3.63, 3.8) is 0 Å². The van der Waals surface area contributed by atoms with Crippen LogP contribution < -0.4 is 5.43 Å². The number of carbonyl (C=O) groups is 1. The number of hydrogen-bond donors (Lipinski definition) is 1. The average molecular weight is 204 g/mol. The van der Waals surface area contributed by atoms with E-state index < -0.39 is 6.09 Å². The monoisotopic (exact) mass is 204 g/mol. The molecule has 1 amide bonds. The van der Waals surface area contributed by atoms with Crippen molar-refractivity contribution >= 4 is 11.8 Å². The van der Waals surface area contributed by atoms with Crippen molar-refractivity contribution in [2.45, 2.75) is 12.8 Å². The fraction of sp³-hybridized carbons (Fsp3) is 0.273. The van der Waals surface area contributed by atoms with E-state index in [2.05, 4.69) is 21.3 Å². The standard InChI is InChI=1S/C11H12N2O2/c1-15-11(14)13-12-10-7-6-8-4-2-3-5-9(8)10/h2-5H,6-7H2,1H3,(H,13,14)/b12-10-. The van der Waals surface area contributed by atoms with Crippen molar-refractivity contribution in [3.8, 4) is 0 Å². The number of aryl methyl sites for hydroxylation is 1. The molecule has 1 aliphatic carbocycles. The molecule has 0 bridgehead atoms. The van der Waals surface area contributed by atoms with Crippen LogP contribution in [0.5, 0.6) is 0 Å². The van der Waals surface area contributed by atoms with E-state index in [1.807, 2.05) is 18.2 Å². The van der Waals surface area contributed by atoms with Crippen molar-refractivity contribution in [1.82, 2.24) is 5.43 Å². The van der Waals surface area contributed by atoms with E-state index in [1.165, 1.54) is 12.7 Å². The Kier molecular flexibility index (Phi) is 2.67. The molecule has 0 fully saturated rings. The first-order chi connectivity index (χ1) is 7.31. The van der Waals surface area contributed by atoms with Gasteiger partial charge in [0.2, 0.25) is 0 Å². The summed E-state index contributed by atoms with van der Waals surface area (Å²) < 4.78 is 4.44. The third-order valence-electron chi connectivity index (χ3n) is 2.43. The molecule has 0 saturated heterocycles. The molecule has 0 aromatic heterocycles. The summed E-state index contributed by atoms with van der Waals surface area (Å²) in [6.07, 6.45) is 1.31. The summed E-state index contributed by atoms with van der Waals surface area (Å²) in [7, 11) is 1.32. The van der Waals surface area contributed by atoms with E-state index in [1.54, 1.807) is 0 Å². The number of nitrogens with one attached hydrogen (secondary N) is 1. The Hall–Kier alpha value is -1.84. The predicted octanol–water partition coefficient (Wildman–Crippen LogP) is 1.69. The van der Waals surface area contributed by atoms with E-state index in [4.69, 9.17) is 0 Å². The lowest BCUT2D eigenvalue weighted by atomic mass is 10.1. The average Bonchev–Trinajstić information content (AvgIpc) is 2.69. The second kappa shape index (κ2) is 4.13. The van der Waals surface area contributed by atoms with Gasteiger partial charge in [-0.05, 0) is 18.4 Å². The molecule has 4 nitrogen and oxygen atoms in total. The Morgan fingerprint density at radius 1 is 1.40 bits per heavy atom. The minimum absolute atomic E-state index is 0.535. The number of nitrogens with zero attached hydrogens (tertiary/aromatic N) is 1. The summed E-state index contributed by atoms with van der Waals surface area (Å²) in [5.74, 6) is 0. The lowest BCUT2D eigenvalue weighted by molar-refractivity contribution is 0.171. The Labute approximate surface area is 87.9 Å². The zero-order valence-electron chi connectivity index (χ0n) is 8.49. The van der Waals surface area contributed by atoms with Crippen LogP contribution in [0.25, 0.3) is 0 Å². The molecule has 2 rings (SSSR count). The number of methoxy groups -OCH3 is 1. The van der Waals surface area contributed by atoms with Crippen molar-refractivity contribution < 1.29 is 9.53 Å². The van der Waals surface area contributed by atoms with Gasteiger partial charge in [-0.3, -0.25) is 0 Å². The van der Waals surface area contributed by atoms with Crippen molar-refractivity contribution in [2.75, 3.05) is 7.11 Å². The van der Waals surface area contributed by atoms with Gasteiger partial charge < -0.3 is 4.74 Å². The van der Waals surface area contributed by atoms with Gasteiger partial charge in [0.15, 0.2) is 0 Å². The molecule has 1 N–H and O–H groups in total. The van der Waals surface area contributed by atoms with Crippen LogP contribution in [-0.2, 0) is 11.2 Å². The van der Waals surface area contributed by atoms with Crippen LogP contribution in [0.15, 0.2) is 29.4 Å². The Morgan fingerprint density at radius 2 is 2.20 bits per heavy atom. The minimum Gasteiger partial charge on any atom is -0.452 e. The van der Waals surface area contributed by atoms with E-state index in [-0.39, 0.29) is 0 Å². The summed E-state index contributed by atoms with van der Waals surface area (Å²) in [5, 5.41) is 4.03. The third-order valence-corrected chi connectivity index (χ3v) is 2.43. The number of hydrogen-bond acceptors (Lipinski definition) is 3. The number of carbonyl (C=O) groups excluding carboxylic acids is 1. The lowest BCUT2D eigenvalue weighted by Crippen LogP contribution is -2.18. The van der Waals surface area contributed by atoms with Crippen LogP contribution in [0, 0.1) is 0 Å². The van der Waals surface area contributed by atoms with Crippen LogP contribution in [0.2, 0.25) is 0 Å². The summed E-state index contributed by atoms with van der Waals surface area (Å²) in [6.45, 7) is 0. The van der Waals surface area contributed by atoms with Gasteiger partial charge in [0.1, 0.15) is 0 Å². The molecule has 1 aromatic carbocycles. The molecule has 0 unspecified atom stereocenters. The molecule has 15 heavy (non-hydrogen) atoms. The van der Waals surface area contributed by atoms with Crippen molar-refractivity contribution in [2.24, 2.45) is 5.10 Å². The summed E-state index contributed by atoms with van der Waals surface area (Å²) in [5.41, 5.74) is 5.65. The van der Waals surface area contributed by atoms with E-state index >= 15 is 0 Å². The van der Waals surface area contributed by atoms with Crippen LogP contribution in [-0.4, -0.2) is 18.9 Å². The topological polar surface area (TPSA) is 50.7 Å². The van der Waals surface area contributed by atoms with Gasteiger partial charge >= 0.3 is 6.09 Å². The molecule has 0 heterocycles. The number of amides is 1. The molecule has 78 valence electrons. The number of hydrazone groups is 1. The zero-order valence-corrected chi connectivity index (χ0v) is 8.49. The fourth-order valence-corrected chi connectivity index (χ4v) is 1.68. The van der Waals surface area contributed by atoms with E-state index in [0.29, 0.717) is 0 Å². The Bertz CT molecular complexity index is 413. The van der Waals surface area contributed by atoms with Crippen molar-refractivity contribution in [1.29, 1.82) is 0 Å². The highest BCUT2D eigenvalue weighted by Crippen LogP contribution is 2.21. The summed E-state index contributed by atoms with van der Waals surface area (Å²) in [4.78, 5) is 10.8. The number of benzene rings is 1. The van der Waals surface area contributed by atoms with Gasteiger partial charge in [-0.1, -0.05) is 24.3 Å². The normalized spacial score (nSPS) is 16.2. The maximum atomic E-state index is 10.8. The number of ether oxygens (including phenoxy) is 1. The van der Waals surface area contributed by atoms with Crippen LogP contribution in [0.1, 0.15) is 17.5 Å². The first-order valence-corrected chi connectivity index (χ1v) is 4.80.